The van der Waals surface area contributed by atoms with Gasteiger partial charge in [-0.3, -0.25) is 4.98 Å². The summed E-state index contributed by atoms with van der Waals surface area (Å²) in [5.74, 6) is -1.03. The molecule has 0 fully saturated rings. The van der Waals surface area contributed by atoms with E-state index in [0.717, 1.165) is 14.3 Å². The number of aromatic nitrogens is 1. The minimum Gasteiger partial charge on any atom is -0.478 e. The van der Waals surface area contributed by atoms with Gasteiger partial charge in [0.2, 0.25) is 0 Å². The van der Waals surface area contributed by atoms with Crippen LogP contribution in [0.15, 0.2) is 50.9 Å². The van der Waals surface area contributed by atoms with Crippen molar-refractivity contribution < 1.29 is 9.90 Å². The molecule has 0 amide bonds. The molecule has 1 heterocycles. The number of rotatable bonds is 3. The van der Waals surface area contributed by atoms with Gasteiger partial charge in [-0.15, -0.1) is 0 Å². The van der Waals surface area contributed by atoms with Gasteiger partial charge in [-0.05, 0) is 40.2 Å². The highest BCUT2D eigenvalue weighted by atomic mass is 79.9. The third-order valence-corrected chi connectivity index (χ3v) is 4.42. The van der Waals surface area contributed by atoms with Crippen molar-refractivity contribution in [3.63, 3.8) is 0 Å². The fraction of sp³-hybridized carbons (Fsp3) is 0. The average molecular weight is 345 g/mol. The first-order valence-electron chi connectivity index (χ1n) is 4.88. The van der Waals surface area contributed by atoms with Crippen LogP contribution in [0, 0.1) is 0 Å². The maximum atomic E-state index is 11.0. The molecule has 6 heteroatoms. The van der Waals surface area contributed by atoms with Crippen molar-refractivity contribution in [1.29, 1.82) is 0 Å². The van der Waals surface area contributed by atoms with Crippen LogP contribution in [0.3, 0.4) is 0 Å². The van der Waals surface area contributed by atoms with Gasteiger partial charge in [0.05, 0.1) is 10.6 Å². The highest BCUT2D eigenvalue weighted by Gasteiger charge is 2.10. The number of carboxylic acids is 1. The Bertz CT molecular complexity index is 606. The predicted molar refractivity (Wildman–Crippen MR) is 74.5 cm³/mol. The standard InChI is InChI=1S/C12H7BrClNO2S/c13-9-6-15-4-3-11(9)18-7-1-2-10(14)8(5-7)12(16)17/h1-6H,(H,16,17). The Morgan fingerprint density at radius 1 is 1.39 bits per heavy atom. The van der Waals surface area contributed by atoms with Gasteiger partial charge in [0.25, 0.3) is 0 Å². The summed E-state index contributed by atoms with van der Waals surface area (Å²) in [5.41, 5.74) is 0.104. The van der Waals surface area contributed by atoms with Crippen molar-refractivity contribution in [3.05, 3.63) is 51.7 Å². The van der Waals surface area contributed by atoms with E-state index in [-0.39, 0.29) is 10.6 Å². The third kappa shape index (κ3) is 3.04. The molecule has 0 unspecified atom stereocenters. The van der Waals surface area contributed by atoms with Crippen LogP contribution in [0.25, 0.3) is 0 Å². The summed E-state index contributed by atoms with van der Waals surface area (Å²) in [6, 6.07) is 6.78. The average Bonchev–Trinajstić information content (AvgIpc) is 2.34. The topological polar surface area (TPSA) is 50.2 Å². The number of carboxylic acid groups (broad SMARTS) is 1. The quantitative estimate of drug-likeness (QED) is 0.899. The van der Waals surface area contributed by atoms with Gasteiger partial charge < -0.3 is 5.11 Å². The maximum absolute atomic E-state index is 11.0. The predicted octanol–water partition coefficient (Wildman–Crippen LogP) is 4.35. The first-order chi connectivity index (χ1) is 8.58. The van der Waals surface area contributed by atoms with Crippen LogP contribution >= 0.6 is 39.3 Å². The number of carbonyl (C=O) groups is 1. The van der Waals surface area contributed by atoms with Crippen molar-refractivity contribution in [2.75, 3.05) is 0 Å². The lowest BCUT2D eigenvalue weighted by atomic mass is 10.2. The van der Waals surface area contributed by atoms with Crippen molar-refractivity contribution in [1.82, 2.24) is 4.98 Å². The summed E-state index contributed by atoms with van der Waals surface area (Å²) in [6.45, 7) is 0. The minimum absolute atomic E-state index is 0.104. The molecular weight excluding hydrogens is 338 g/mol. The van der Waals surface area contributed by atoms with Crippen LogP contribution in [0.2, 0.25) is 5.02 Å². The summed E-state index contributed by atoms with van der Waals surface area (Å²) in [5, 5.41) is 9.23. The Kier molecular flexibility index (Phi) is 4.27. The summed E-state index contributed by atoms with van der Waals surface area (Å²) < 4.78 is 0.863. The molecule has 0 bridgehead atoms. The zero-order valence-electron chi connectivity index (χ0n) is 8.93. The van der Waals surface area contributed by atoms with E-state index in [1.165, 1.54) is 11.8 Å². The van der Waals surface area contributed by atoms with E-state index in [0.29, 0.717) is 0 Å². The molecule has 0 aliphatic heterocycles. The zero-order valence-corrected chi connectivity index (χ0v) is 12.1. The lowest BCUT2D eigenvalue weighted by molar-refractivity contribution is 0.0697. The van der Waals surface area contributed by atoms with E-state index in [1.807, 2.05) is 6.07 Å². The largest absolute Gasteiger partial charge is 0.478 e. The van der Waals surface area contributed by atoms with Gasteiger partial charge >= 0.3 is 5.97 Å². The molecule has 0 atom stereocenters. The first kappa shape index (κ1) is 13.4. The molecule has 0 radical (unpaired) electrons. The number of halogens is 2. The Balaban J connectivity index is 2.33. The molecule has 1 aromatic heterocycles. The fourth-order valence-corrected chi connectivity index (χ4v) is 2.84. The lowest BCUT2D eigenvalue weighted by Gasteiger charge is -2.05. The Hall–Kier alpha value is -1.04. The molecule has 0 aliphatic carbocycles. The molecule has 1 aromatic carbocycles. The molecule has 0 saturated carbocycles. The molecule has 92 valence electrons. The van der Waals surface area contributed by atoms with Crippen LogP contribution in [-0.4, -0.2) is 16.1 Å². The van der Waals surface area contributed by atoms with E-state index >= 15 is 0 Å². The third-order valence-electron chi connectivity index (χ3n) is 2.13. The number of nitrogens with zero attached hydrogens (tertiary/aromatic N) is 1. The van der Waals surface area contributed by atoms with Crippen LogP contribution in [0.1, 0.15) is 10.4 Å². The number of hydrogen-bond donors (Lipinski definition) is 1. The van der Waals surface area contributed by atoms with Crippen molar-refractivity contribution in [3.8, 4) is 0 Å². The summed E-state index contributed by atoms with van der Waals surface area (Å²) in [4.78, 5) is 16.7. The van der Waals surface area contributed by atoms with Crippen molar-refractivity contribution in [2.45, 2.75) is 9.79 Å². The van der Waals surface area contributed by atoms with E-state index in [2.05, 4.69) is 20.9 Å². The number of pyridine rings is 1. The molecular formula is C12H7BrClNO2S. The van der Waals surface area contributed by atoms with Gasteiger partial charge in [0.1, 0.15) is 0 Å². The van der Waals surface area contributed by atoms with E-state index < -0.39 is 5.97 Å². The Morgan fingerprint density at radius 3 is 2.83 bits per heavy atom. The zero-order chi connectivity index (χ0) is 13.1. The van der Waals surface area contributed by atoms with Gasteiger partial charge in [-0.25, -0.2) is 4.79 Å². The molecule has 0 aliphatic rings. The Labute approximate surface area is 121 Å². The van der Waals surface area contributed by atoms with Crippen molar-refractivity contribution >= 4 is 45.3 Å². The molecule has 2 aromatic rings. The summed E-state index contributed by atoms with van der Waals surface area (Å²) >= 11 is 10.7. The fourth-order valence-electron chi connectivity index (χ4n) is 1.30. The highest BCUT2D eigenvalue weighted by molar-refractivity contribution is 9.10. The SMILES string of the molecule is O=C(O)c1cc(Sc2ccncc2Br)ccc1Cl. The normalized spacial score (nSPS) is 10.3. The maximum Gasteiger partial charge on any atom is 0.337 e. The second-order valence-corrected chi connectivity index (χ2v) is 5.73. The van der Waals surface area contributed by atoms with E-state index in [1.54, 1.807) is 30.6 Å². The number of benzene rings is 1. The first-order valence-corrected chi connectivity index (χ1v) is 6.87. The van der Waals surface area contributed by atoms with Gasteiger partial charge in [0.15, 0.2) is 0 Å². The highest BCUT2D eigenvalue weighted by Crippen LogP contribution is 2.34. The molecule has 18 heavy (non-hydrogen) atoms. The smallest absolute Gasteiger partial charge is 0.337 e. The summed E-state index contributed by atoms with van der Waals surface area (Å²) in [7, 11) is 0. The molecule has 2 rings (SSSR count). The number of hydrogen-bond acceptors (Lipinski definition) is 3. The van der Waals surface area contributed by atoms with Crippen LogP contribution in [-0.2, 0) is 0 Å². The lowest BCUT2D eigenvalue weighted by Crippen LogP contribution is -1.97. The monoisotopic (exact) mass is 343 g/mol. The summed E-state index contributed by atoms with van der Waals surface area (Å²) in [6.07, 6.45) is 3.37. The van der Waals surface area contributed by atoms with E-state index in [9.17, 15) is 4.79 Å². The molecule has 3 nitrogen and oxygen atoms in total. The van der Waals surface area contributed by atoms with Crippen molar-refractivity contribution in [2.24, 2.45) is 0 Å². The molecule has 0 saturated heterocycles. The number of aromatic carboxylic acids is 1. The van der Waals surface area contributed by atoms with E-state index in [4.69, 9.17) is 16.7 Å². The minimum atomic E-state index is -1.03. The second-order valence-electron chi connectivity index (χ2n) is 3.35. The van der Waals surface area contributed by atoms with Crippen LogP contribution in [0.4, 0.5) is 0 Å². The van der Waals surface area contributed by atoms with Crippen LogP contribution in [0.5, 0.6) is 0 Å². The Morgan fingerprint density at radius 2 is 2.17 bits per heavy atom. The second kappa shape index (κ2) is 5.73. The van der Waals surface area contributed by atoms with Gasteiger partial charge in [-0.2, -0.15) is 0 Å². The van der Waals surface area contributed by atoms with Gasteiger partial charge in [-0.1, -0.05) is 23.4 Å². The molecule has 1 N–H and O–H groups in total. The van der Waals surface area contributed by atoms with Crippen LogP contribution < -0.4 is 0 Å². The molecule has 0 spiro atoms. The van der Waals surface area contributed by atoms with Gasteiger partial charge in [0, 0.05) is 26.7 Å².